The fraction of sp³-hybridized carbons (Fsp3) is 0.625. The van der Waals surface area contributed by atoms with E-state index in [2.05, 4.69) is 22.0 Å². The molecule has 1 unspecified atom stereocenters. The highest BCUT2D eigenvalue weighted by atomic mass is 79.9. The first kappa shape index (κ1) is 14.1. The number of hydrogen-bond donors (Lipinski definition) is 1. The summed E-state index contributed by atoms with van der Waals surface area (Å²) >= 11 is 3.55. The molecule has 1 nitrogen and oxygen atoms in total. The molecule has 1 aliphatic carbocycles. The van der Waals surface area contributed by atoms with Gasteiger partial charge in [0.2, 0.25) is 0 Å². The molecule has 0 aromatic heterocycles. The van der Waals surface area contributed by atoms with Crippen molar-refractivity contribution in [2.45, 2.75) is 57.5 Å². The van der Waals surface area contributed by atoms with Gasteiger partial charge in [-0.1, -0.05) is 72.7 Å². The minimum Gasteiger partial charge on any atom is -0.393 e. The molecule has 0 saturated heterocycles. The van der Waals surface area contributed by atoms with Crippen molar-refractivity contribution in [1.29, 1.82) is 0 Å². The number of aliphatic hydroxyl groups excluding tert-OH is 1. The maximum atomic E-state index is 10.3. The van der Waals surface area contributed by atoms with Crippen LogP contribution >= 0.6 is 15.9 Å². The van der Waals surface area contributed by atoms with Crippen LogP contribution in [0, 0.1) is 5.92 Å². The molecular formula is C16H23BrO. The fourth-order valence-corrected chi connectivity index (χ4v) is 3.43. The Morgan fingerprint density at radius 2 is 1.78 bits per heavy atom. The minimum absolute atomic E-state index is 0.188. The number of benzene rings is 1. The highest BCUT2D eigenvalue weighted by Gasteiger charge is 2.17. The van der Waals surface area contributed by atoms with Gasteiger partial charge in [-0.25, -0.2) is 0 Å². The van der Waals surface area contributed by atoms with Gasteiger partial charge in [-0.2, -0.15) is 0 Å². The Morgan fingerprint density at radius 1 is 1.11 bits per heavy atom. The first-order chi connectivity index (χ1) is 8.75. The van der Waals surface area contributed by atoms with Gasteiger partial charge in [0.15, 0.2) is 0 Å². The SMILES string of the molecule is OC(Cc1ccccc1Br)CC1CCCCCC1. The summed E-state index contributed by atoms with van der Waals surface area (Å²) in [5.74, 6) is 0.741. The second kappa shape index (κ2) is 7.30. The molecular weight excluding hydrogens is 288 g/mol. The molecule has 1 aromatic carbocycles. The average Bonchev–Trinajstić information content (AvgIpc) is 2.61. The van der Waals surface area contributed by atoms with Crippen molar-refractivity contribution in [1.82, 2.24) is 0 Å². The summed E-state index contributed by atoms with van der Waals surface area (Å²) in [6.45, 7) is 0. The topological polar surface area (TPSA) is 20.2 Å². The van der Waals surface area contributed by atoms with Crippen LogP contribution in [0.4, 0.5) is 0 Å². The molecule has 0 bridgehead atoms. The summed E-state index contributed by atoms with van der Waals surface area (Å²) in [4.78, 5) is 0. The smallest absolute Gasteiger partial charge is 0.0583 e. The average molecular weight is 311 g/mol. The van der Waals surface area contributed by atoms with Gasteiger partial charge >= 0.3 is 0 Å². The maximum absolute atomic E-state index is 10.3. The molecule has 0 spiro atoms. The molecule has 1 aromatic rings. The second-order valence-electron chi connectivity index (χ2n) is 5.54. The Morgan fingerprint density at radius 3 is 2.44 bits per heavy atom. The quantitative estimate of drug-likeness (QED) is 0.798. The molecule has 0 aliphatic heterocycles. The molecule has 1 saturated carbocycles. The lowest BCUT2D eigenvalue weighted by atomic mass is 9.91. The van der Waals surface area contributed by atoms with E-state index in [9.17, 15) is 5.11 Å². The van der Waals surface area contributed by atoms with Gasteiger partial charge in [0.05, 0.1) is 6.10 Å². The molecule has 1 atom stereocenters. The lowest BCUT2D eigenvalue weighted by molar-refractivity contribution is 0.137. The lowest BCUT2D eigenvalue weighted by Gasteiger charge is -2.19. The Kier molecular flexibility index (Phi) is 5.71. The van der Waals surface area contributed by atoms with Crippen LogP contribution in [-0.2, 0) is 6.42 Å². The van der Waals surface area contributed by atoms with Gasteiger partial charge in [0.1, 0.15) is 0 Å². The highest BCUT2D eigenvalue weighted by Crippen LogP contribution is 2.28. The fourth-order valence-electron chi connectivity index (χ4n) is 2.99. The largest absolute Gasteiger partial charge is 0.393 e. The van der Waals surface area contributed by atoms with Crippen LogP contribution in [0.3, 0.4) is 0 Å². The van der Waals surface area contributed by atoms with Crippen molar-refractivity contribution in [3.05, 3.63) is 34.3 Å². The monoisotopic (exact) mass is 310 g/mol. The zero-order valence-electron chi connectivity index (χ0n) is 10.9. The van der Waals surface area contributed by atoms with Crippen molar-refractivity contribution >= 4 is 15.9 Å². The highest BCUT2D eigenvalue weighted by molar-refractivity contribution is 9.10. The van der Waals surface area contributed by atoms with E-state index in [1.54, 1.807) is 0 Å². The van der Waals surface area contributed by atoms with Gasteiger partial charge in [-0.05, 0) is 30.4 Å². The third kappa shape index (κ3) is 4.40. The van der Waals surface area contributed by atoms with Gasteiger partial charge in [-0.15, -0.1) is 0 Å². The number of halogens is 1. The normalized spacial score (nSPS) is 19.4. The van der Waals surface area contributed by atoms with Gasteiger partial charge in [0, 0.05) is 4.47 Å². The number of hydrogen-bond acceptors (Lipinski definition) is 1. The van der Waals surface area contributed by atoms with Crippen LogP contribution < -0.4 is 0 Å². The summed E-state index contributed by atoms with van der Waals surface area (Å²) < 4.78 is 1.12. The van der Waals surface area contributed by atoms with E-state index in [1.165, 1.54) is 44.1 Å². The zero-order chi connectivity index (χ0) is 12.8. The van der Waals surface area contributed by atoms with Crippen LogP contribution in [0.5, 0.6) is 0 Å². The molecule has 0 amide bonds. The first-order valence-electron chi connectivity index (χ1n) is 7.17. The number of rotatable bonds is 4. The van der Waals surface area contributed by atoms with Crippen LogP contribution in [-0.4, -0.2) is 11.2 Å². The molecule has 0 heterocycles. The van der Waals surface area contributed by atoms with E-state index < -0.39 is 0 Å². The third-order valence-corrected chi connectivity index (χ3v) is 4.77. The van der Waals surface area contributed by atoms with E-state index in [4.69, 9.17) is 0 Å². The van der Waals surface area contributed by atoms with Crippen molar-refractivity contribution in [3.63, 3.8) is 0 Å². The lowest BCUT2D eigenvalue weighted by Crippen LogP contribution is -2.16. The van der Waals surface area contributed by atoms with Crippen molar-refractivity contribution in [2.24, 2.45) is 5.92 Å². The molecule has 1 fully saturated rings. The molecule has 2 rings (SSSR count). The van der Waals surface area contributed by atoms with E-state index in [0.29, 0.717) is 0 Å². The van der Waals surface area contributed by atoms with E-state index in [-0.39, 0.29) is 6.10 Å². The van der Waals surface area contributed by atoms with Crippen LogP contribution in [0.15, 0.2) is 28.7 Å². The molecule has 18 heavy (non-hydrogen) atoms. The van der Waals surface area contributed by atoms with Crippen LogP contribution in [0.1, 0.15) is 50.5 Å². The second-order valence-corrected chi connectivity index (χ2v) is 6.40. The molecule has 0 radical (unpaired) electrons. The van der Waals surface area contributed by atoms with Crippen molar-refractivity contribution in [3.8, 4) is 0 Å². The van der Waals surface area contributed by atoms with E-state index >= 15 is 0 Å². The van der Waals surface area contributed by atoms with Gasteiger partial charge in [0.25, 0.3) is 0 Å². The minimum atomic E-state index is -0.188. The predicted molar refractivity (Wildman–Crippen MR) is 79.7 cm³/mol. The Hall–Kier alpha value is -0.340. The number of aliphatic hydroxyl groups is 1. The molecule has 2 heteroatoms. The van der Waals surface area contributed by atoms with Crippen LogP contribution in [0.2, 0.25) is 0 Å². The Bertz CT molecular complexity index is 356. The standard InChI is InChI=1S/C16H23BrO/c17-16-10-6-5-9-14(16)12-15(18)11-13-7-3-1-2-4-8-13/h5-6,9-10,13,15,18H,1-4,7-8,11-12H2. The maximum Gasteiger partial charge on any atom is 0.0583 e. The Balaban J connectivity index is 1.84. The zero-order valence-corrected chi connectivity index (χ0v) is 12.5. The van der Waals surface area contributed by atoms with E-state index in [0.717, 1.165) is 23.2 Å². The van der Waals surface area contributed by atoms with Gasteiger partial charge in [-0.3, -0.25) is 0 Å². The Labute approximate surface area is 119 Å². The predicted octanol–water partition coefficient (Wildman–Crippen LogP) is 4.71. The summed E-state index contributed by atoms with van der Waals surface area (Å²) in [5, 5.41) is 10.3. The molecule has 1 N–H and O–H groups in total. The van der Waals surface area contributed by atoms with Crippen molar-refractivity contribution < 1.29 is 5.11 Å². The van der Waals surface area contributed by atoms with E-state index in [1.807, 2.05) is 18.2 Å². The summed E-state index contributed by atoms with van der Waals surface area (Å²) in [6, 6.07) is 8.21. The third-order valence-electron chi connectivity index (χ3n) is 3.99. The van der Waals surface area contributed by atoms with Gasteiger partial charge < -0.3 is 5.11 Å². The summed E-state index contributed by atoms with van der Waals surface area (Å²) in [6.07, 6.45) is 9.66. The summed E-state index contributed by atoms with van der Waals surface area (Å²) in [5.41, 5.74) is 1.22. The first-order valence-corrected chi connectivity index (χ1v) is 7.96. The molecule has 100 valence electrons. The van der Waals surface area contributed by atoms with Crippen LogP contribution in [0.25, 0.3) is 0 Å². The molecule has 1 aliphatic rings. The van der Waals surface area contributed by atoms with Crippen molar-refractivity contribution in [2.75, 3.05) is 0 Å². The summed E-state index contributed by atoms with van der Waals surface area (Å²) in [7, 11) is 0.